The van der Waals surface area contributed by atoms with Crippen LogP contribution in [0.3, 0.4) is 0 Å². The Morgan fingerprint density at radius 2 is 1.80 bits per heavy atom. The molecule has 0 aliphatic rings. The molecule has 1 unspecified atom stereocenters. The van der Waals surface area contributed by atoms with E-state index in [1.807, 2.05) is 0 Å². The van der Waals surface area contributed by atoms with E-state index in [1.54, 1.807) is 19.2 Å². The third-order valence-corrected chi connectivity index (χ3v) is 6.18. The third-order valence-electron chi connectivity index (χ3n) is 5.88. The summed E-state index contributed by atoms with van der Waals surface area (Å²) in [5, 5.41) is 15.5. The van der Waals surface area contributed by atoms with Gasteiger partial charge in [-0.2, -0.15) is 19.0 Å². The number of nitrogens with zero attached hydrogens (tertiary/aromatic N) is 9. The molecule has 4 aromatic heterocycles. The number of aryl methyl sites for hydroxylation is 1. The standard InChI is InChI=1S/C24H19ClF5N9O/c1-13-32-12-39(35-13)15-9-33-37(10-15)19(6-7-40-24(29)30)17-4-2-14(8-31-17)21-20(5-3-16(25)22(21)26)38-11-18(23(27)28)34-36-38/h2-5,8-12,19,23-24H,6-7H2,1H3. The molecule has 5 rings (SSSR count). The molecule has 1 atom stereocenters. The Morgan fingerprint density at radius 1 is 0.975 bits per heavy atom. The highest BCUT2D eigenvalue weighted by Crippen LogP contribution is 2.34. The number of aromatic nitrogens is 9. The first-order valence-electron chi connectivity index (χ1n) is 11.7. The summed E-state index contributed by atoms with van der Waals surface area (Å²) >= 11 is 6.02. The van der Waals surface area contributed by atoms with E-state index in [-0.39, 0.29) is 34.9 Å². The predicted molar refractivity (Wildman–Crippen MR) is 131 cm³/mol. The molecule has 1 aromatic carbocycles. The Balaban J connectivity index is 1.50. The minimum atomic E-state index is -2.95. The number of hydrogen-bond acceptors (Lipinski definition) is 7. The molecular formula is C24H19ClF5N9O. The zero-order valence-corrected chi connectivity index (χ0v) is 21.3. The van der Waals surface area contributed by atoms with Crippen LogP contribution < -0.4 is 0 Å². The van der Waals surface area contributed by atoms with E-state index in [9.17, 15) is 17.6 Å². The second-order valence-corrected chi connectivity index (χ2v) is 8.87. The second-order valence-electron chi connectivity index (χ2n) is 8.47. The average molecular weight is 580 g/mol. The first-order valence-corrected chi connectivity index (χ1v) is 12.1. The van der Waals surface area contributed by atoms with E-state index in [4.69, 9.17) is 11.6 Å². The Bertz CT molecular complexity index is 1600. The number of ether oxygens (including phenoxy) is 1. The first-order chi connectivity index (χ1) is 19.2. The molecule has 0 aliphatic heterocycles. The number of rotatable bonds is 10. The van der Waals surface area contributed by atoms with Gasteiger partial charge in [-0.05, 0) is 31.5 Å². The van der Waals surface area contributed by atoms with Gasteiger partial charge < -0.3 is 4.74 Å². The van der Waals surface area contributed by atoms with Crippen LogP contribution in [0.2, 0.25) is 5.02 Å². The largest absolute Gasteiger partial charge is 0.345 e. The molecule has 0 radical (unpaired) electrons. The summed E-state index contributed by atoms with van der Waals surface area (Å²) in [6.07, 6.45) is 4.25. The Hall–Kier alpha value is -4.24. The summed E-state index contributed by atoms with van der Waals surface area (Å²) in [7, 11) is 0. The smallest absolute Gasteiger partial charge is 0.323 e. The molecule has 0 fully saturated rings. The first kappa shape index (κ1) is 27.3. The monoisotopic (exact) mass is 579 g/mol. The van der Waals surface area contributed by atoms with E-state index >= 15 is 4.39 Å². The zero-order chi connectivity index (χ0) is 28.4. The highest BCUT2D eigenvalue weighted by atomic mass is 35.5. The molecule has 4 heterocycles. The van der Waals surface area contributed by atoms with Crippen LogP contribution in [0, 0.1) is 12.7 Å². The number of hydrogen-bond donors (Lipinski definition) is 0. The topological polar surface area (TPSA) is 101 Å². The van der Waals surface area contributed by atoms with Crippen molar-refractivity contribution in [1.29, 1.82) is 0 Å². The summed E-state index contributed by atoms with van der Waals surface area (Å²) in [5.74, 6) is -0.264. The highest BCUT2D eigenvalue weighted by Gasteiger charge is 2.22. The van der Waals surface area contributed by atoms with Crippen molar-refractivity contribution in [3.05, 3.63) is 83.4 Å². The van der Waals surface area contributed by atoms with E-state index in [2.05, 4.69) is 35.2 Å². The Labute approximate surface area is 228 Å². The lowest BCUT2D eigenvalue weighted by molar-refractivity contribution is -0.130. The molecule has 16 heteroatoms. The third kappa shape index (κ3) is 5.70. The van der Waals surface area contributed by atoms with Gasteiger partial charge >= 0.3 is 6.61 Å². The van der Waals surface area contributed by atoms with Crippen LogP contribution >= 0.6 is 11.6 Å². The number of benzene rings is 1. The van der Waals surface area contributed by atoms with Crippen LogP contribution in [-0.4, -0.2) is 57.7 Å². The van der Waals surface area contributed by atoms with Gasteiger partial charge in [-0.3, -0.25) is 9.67 Å². The molecule has 0 N–H and O–H groups in total. The molecule has 0 saturated heterocycles. The van der Waals surface area contributed by atoms with Crippen molar-refractivity contribution in [3.8, 4) is 22.5 Å². The fourth-order valence-corrected chi connectivity index (χ4v) is 4.18. The van der Waals surface area contributed by atoms with Gasteiger partial charge in [0, 0.05) is 17.3 Å². The van der Waals surface area contributed by atoms with Crippen LogP contribution in [0.1, 0.15) is 36.1 Å². The van der Waals surface area contributed by atoms with Crippen molar-refractivity contribution in [2.45, 2.75) is 32.4 Å². The van der Waals surface area contributed by atoms with E-state index in [1.165, 1.54) is 46.3 Å². The summed E-state index contributed by atoms with van der Waals surface area (Å²) < 4.78 is 75.2. The fourth-order valence-electron chi connectivity index (χ4n) is 4.02. The molecule has 5 aromatic rings. The molecule has 0 aliphatic carbocycles. The van der Waals surface area contributed by atoms with Crippen molar-refractivity contribution >= 4 is 11.6 Å². The van der Waals surface area contributed by atoms with Gasteiger partial charge in [-0.15, -0.1) is 5.10 Å². The van der Waals surface area contributed by atoms with Crippen molar-refractivity contribution in [1.82, 2.24) is 44.5 Å². The maximum absolute atomic E-state index is 15.2. The van der Waals surface area contributed by atoms with Gasteiger partial charge in [0.1, 0.15) is 23.5 Å². The van der Waals surface area contributed by atoms with Crippen LogP contribution in [0.15, 0.2) is 55.4 Å². The summed E-state index contributed by atoms with van der Waals surface area (Å²) in [6.45, 7) is -1.52. The van der Waals surface area contributed by atoms with Gasteiger partial charge in [0.05, 0.1) is 47.6 Å². The molecule has 0 amide bonds. The molecule has 10 nitrogen and oxygen atoms in total. The number of alkyl halides is 4. The maximum Gasteiger partial charge on any atom is 0.345 e. The zero-order valence-electron chi connectivity index (χ0n) is 20.5. The van der Waals surface area contributed by atoms with Crippen LogP contribution in [0.25, 0.3) is 22.5 Å². The van der Waals surface area contributed by atoms with Crippen molar-refractivity contribution in [2.75, 3.05) is 6.61 Å². The van der Waals surface area contributed by atoms with Crippen molar-refractivity contribution < 1.29 is 26.7 Å². The minimum absolute atomic E-state index is 0.0437. The van der Waals surface area contributed by atoms with Crippen LogP contribution in [0.5, 0.6) is 0 Å². The van der Waals surface area contributed by atoms with Gasteiger partial charge in [-0.25, -0.2) is 27.5 Å². The van der Waals surface area contributed by atoms with E-state index in [0.29, 0.717) is 17.2 Å². The fraction of sp³-hybridized carbons (Fsp3) is 0.250. The average Bonchev–Trinajstić information content (AvgIpc) is 3.69. The molecule has 40 heavy (non-hydrogen) atoms. The summed E-state index contributed by atoms with van der Waals surface area (Å²) in [5.41, 5.74) is 0.739. The predicted octanol–water partition coefficient (Wildman–Crippen LogP) is 5.36. The van der Waals surface area contributed by atoms with Crippen LogP contribution in [-0.2, 0) is 4.74 Å². The maximum atomic E-state index is 15.2. The van der Waals surface area contributed by atoms with Gasteiger partial charge in [0.2, 0.25) is 0 Å². The molecule has 0 spiro atoms. The lowest BCUT2D eigenvalue weighted by atomic mass is 10.0. The minimum Gasteiger partial charge on any atom is -0.323 e. The Kier molecular flexibility index (Phi) is 7.84. The number of halogens is 6. The summed E-state index contributed by atoms with van der Waals surface area (Å²) in [6, 6.07) is 5.16. The SMILES string of the molecule is Cc1ncn(-c2cnn(C(CCOC(F)F)c3ccc(-c4c(-n5cc(C(F)F)nn5)ccc(Cl)c4F)cn3)c2)n1. The van der Waals surface area contributed by atoms with E-state index < -0.39 is 30.6 Å². The van der Waals surface area contributed by atoms with E-state index in [0.717, 1.165) is 10.9 Å². The second kappa shape index (κ2) is 11.5. The lowest BCUT2D eigenvalue weighted by Gasteiger charge is -2.18. The molecular weight excluding hydrogens is 561 g/mol. The van der Waals surface area contributed by atoms with Crippen molar-refractivity contribution in [3.63, 3.8) is 0 Å². The quantitative estimate of drug-likeness (QED) is 0.205. The molecule has 208 valence electrons. The lowest BCUT2D eigenvalue weighted by Crippen LogP contribution is -2.16. The van der Waals surface area contributed by atoms with Gasteiger partial charge in [0.15, 0.2) is 5.82 Å². The normalized spacial score (nSPS) is 12.5. The summed E-state index contributed by atoms with van der Waals surface area (Å²) in [4.78, 5) is 8.52. The number of pyridine rings is 1. The van der Waals surface area contributed by atoms with Crippen LogP contribution in [0.4, 0.5) is 22.0 Å². The molecule has 0 bridgehead atoms. The van der Waals surface area contributed by atoms with Gasteiger partial charge in [0.25, 0.3) is 6.43 Å². The van der Waals surface area contributed by atoms with Crippen molar-refractivity contribution in [2.24, 2.45) is 0 Å². The highest BCUT2D eigenvalue weighted by molar-refractivity contribution is 6.31. The van der Waals surface area contributed by atoms with Gasteiger partial charge in [-0.1, -0.05) is 22.9 Å². The Morgan fingerprint density at radius 3 is 2.45 bits per heavy atom. The molecule has 0 saturated carbocycles.